The van der Waals surface area contributed by atoms with Gasteiger partial charge in [0, 0.05) is 17.6 Å². The van der Waals surface area contributed by atoms with Gasteiger partial charge in [-0.05, 0) is 49.3 Å². The molecule has 1 aliphatic carbocycles. The molecule has 0 bridgehead atoms. The zero-order valence-electron chi connectivity index (χ0n) is 22.5. The molecule has 2 aromatic carbocycles. The summed E-state index contributed by atoms with van der Waals surface area (Å²) >= 11 is 0. The number of nitrogens with one attached hydrogen (secondary N) is 1. The van der Waals surface area contributed by atoms with E-state index in [1.165, 1.54) is 4.57 Å². The number of nitrogens with zero attached hydrogens (tertiary/aromatic N) is 3. The number of benzene rings is 2. The number of ether oxygens (including phenoxy) is 1. The van der Waals surface area contributed by atoms with Gasteiger partial charge < -0.3 is 15.4 Å². The Balaban J connectivity index is 1.43. The third kappa shape index (κ3) is 5.12. The number of likely N-dealkylation sites (N-methyl/N-ethyl adjacent to an activating group) is 1. The van der Waals surface area contributed by atoms with Crippen molar-refractivity contribution in [3.63, 3.8) is 0 Å². The van der Waals surface area contributed by atoms with Crippen LogP contribution in [-0.2, 0) is 28.9 Å². The lowest BCUT2D eigenvalue weighted by atomic mass is 9.84. The number of esters is 1. The number of nitrogen functional groups attached to an aromatic ring is 1. The lowest BCUT2D eigenvalue weighted by Crippen LogP contribution is -2.42. The first-order valence-corrected chi connectivity index (χ1v) is 13.3. The van der Waals surface area contributed by atoms with E-state index in [-0.39, 0.29) is 24.6 Å². The van der Waals surface area contributed by atoms with Crippen LogP contribution in [0.2, 0.25) is 0 Å². The van der Waals surface area contributed by atoms with Crippen LogP contribution in [0.3, 0.4) is 0 Å². The van der Waals surface area contributed by atoms with E-state index >= 15 is 0 Å². The fourth-order valence-electron chi connectivity index (χ4n) is 5.29. The van der Waals surface area contributed by atoms with Gasteiger partial charge in [0.05, 0.1) is 17.6 Å². The van der Waals surface area contributed by atoms with Crippen molar-refractivity contribution in [1.82, 2.24) is 14.5 Å². The van der Waals surface area contributed by atoms with Crippen molar-refractivity contribution in [2.75, 3.05) is 23.8 Å². The zero-order chi connectivity index (χ0) is 28.4. The van der Waals surface area contributed by atoms with Gasteiger partial charge in [-0.3, -0.25) is 24.1 Å². The third-order valence-electron chi connectivity index (χ3n) is 7.32. The fraction of sp³-hybridized carbons (Fsp3) is 0.300. The van der Waals surface area contributed by atoms with Crippen molar-refractivity contribution in [3.8, 4) is 0 Å². The molecule has 4 aromatic rings. The van der Waals surface area contributed by atoms with Crippen molar-refractivity contribution < 1.29 is 14.3 Å². The summed E-state index contributed by atoms with van der Waals surface area (Å²) in [6.45, 7) is 3.37. The topological polar surface area (TPSA) is 140 Å². The van der Waals surface area contributed by atoms with Crippen molar-refractivity contribution >= 4 is 34.3 Å². The molecular weight excluding hydrogens is 510 g/mol. The van der Waals surface area contributed by atoms with Crippen molar-refractivity contribution in [3.05, 3.63) is 97.8 Å². The van der Waals surface area contributed by atoms with Gasteiger partial charge in [0.25, 0.3) is 11.5 Å². The SMILES string of the molecule is CCN(C(=O)COC(=O)c1c2c(nc3ccccc13)CCC(C)C2)c1c(N)n(Cc2ccccc2)c(=O)[nH]c1=O. The average molecular weight is 542 g/mol. The molecule has 2 heterocycles. The Bertz CT molecular complexity index is 1710. The average Bonchev–Trinajstić information content (AvgIpc) is 2.95. The van der Waals surface area contributed by atoms with E-state index < -0.39 is 29.7 Å². The molecule has 1 atom stereocenters. The summed E-state index contributed by atoms with van der Waals surface area (Å²) in [5.74, 6) is -1.02. The van der Waals surface area contributed by atoms with E-state index in [4.69, 9.17) is 15.5 Å². The van der Waals surface area contributed by atoms with Crippen LogP contribution < -0.4 is 21.9 Å². The van der Waals surface area contributed by atoms with Crippen LogP contribution >= 0.6 is 0 Å². The Labute approximate surface area is 230 Å². The van der Waals surface area contributed by atoms with E-state index in [0.717, 1.165) is 34.6 Å². The Morgan fingerprint density at radius 1 is 1.12 bits per heavy atom. The minimum atomic E-state index is -0.795. The number of pyridine rings is 1. The number of hydrogen-bond acceptors (Lipinski definition) is 7. The Morgan fingerprint density at radius 2 is 1.85 bits per heavy atom. The van der Waals surface area contributed by atoms with E-state index in [9.17, 15) is 19.2 Å². The van der Waals surface area contributed by atoms with Gasteiger partial charge in [-0.1, -0.05) is 55.5 Å². The number of H-pyrrole nitrogens is 1. The molecule has 1 amide bonds. The number of fused-ring (bicyclic) bond motifs is 2. The maximum absolute atomic E-state index is 13.5. The minimum absolute atomic E-state index is 0.0678. The Kier molecular flexibility index (Phi) is 7.50. The van der Waals surface area contributed by atoms with Crippen LogP contribution in [0.15, 0.2) is 64.2 Å². The molecule has 10 nitrogen and oxygen atoms in total. The molecule has 5 rings (SSSR count). The third-order valence-corrected chi connectivity index (χ3v) is 7.32. The number of carbonyl (C=O) groups excluding carboxylic acids is 2. The highest BCUT2D eigenvalue weighted by atomic mass is 16.5. The predicted molar refractivity (Wildman–Crippen MR) is 153 cm³/mol. The number of aromatic amines is 1. The van der Waals surface area contributed by atoms with Gasteiger partial charge in [0.15, 0.2) is 12.3 Å². The van der Waals surface area contributed by atoms with Crippen LogP contribution in [0.5, 0.6) is 0 Å². The maximum atomic E-state index is 13.5. The summed E-state index contributed by atoms with van der Waals surface area (Å²) in [6.07, 6.45) is 2.45. The molecule has 206 valence electrons. The van der Waals surface area contributed by atoms with Crippen LogP contribution in [0.4, 0.5) is 11.5 Å². The molecule has 0 aliphatic heterocycles. The van der Waals surface area contributed by atoms with Gasteiger partial charge in [-0.15, -0.1) is 0 Å². The minimum Gasteiger partial charge on any atom is -0.452 e. The first-order valence-electron chi connectivity index (χ1n) is 13.3. The molecule has 40 heavy (non-hydrogen) atoms. The number of carbonyl (C=O) groups is 2. The van der Waals surface area contributed by atoms with E-state index in [0.29, 0.717) is 28.8 Å². The number of aromatic nitrogens is 3. The second kappa shape index (κ2) is 11.2. The van der Waals surface area contributed by atoms with E-state index in [2.05, 4.69) is 11.9 Å². The van der Waals surface area contributed by atoms with Crippen molar-refractivity contribution in [1.29, 1.82) is 0 Å². The summed E-state index contributed by atoms with van der Waals surface area (Å²) in [4.78, 5) is 60.3. The highest BCUT2D eigenvalue weighted by Crippen LogP contribution is 2.32. The van der Waals surface area contributed by atoms with Gasteiger partial charge in [-0.25, -0.2) is 9.59 Å². The van der Waals surface area contributed by atoms with Gasteiger partial charge in [-0.2, -0.15) is 0 Å². The highest BCUT2D eigenvalue weighted by molar-refractivity contribution is 6.06. The van der Waals surface area contributed by atoms with E-state index in [1.54, 1.807) is 6.92 Å². The number of para-hydroxylation sites is 1. The first kappa shape index (κ1) is 26.9. The summed E-state index contributed by atoms with van der Waals surface area (Å²) in [7, 11) is 0. The van der Waals surface area contributed by atoms with Gasteiger partial charge >= 0.3 is 11.7 Å². The van der Waals surface area contributed by atoms with Crippen LogP contribution in [0, 0.1) is 5.92 Å². The largest absolute Gasteiger partial charge is 0.452 e. The Morgan fingerprint density at radius 3 is 2.60 bits per heavy atom. The second-order valence-corrected chi connectivity index (χ2v) is 10.1. The maximum Gasteiger partial charge on any atom is 0.339 e. The molecule has 0 radical (unpaired) electrons. The zero-order valence-corrected chi connectivity index (χ0v) is 22.5. The molecule has 10 heteroatoms. The molecular formula is C30H31N5O5. The quantitative estimate of drug-likeness (QED) is 0.343. The molecule has 0 saturated carbocycles. The number of nitrogens with two attached hydrogens (primary N) is 1. The van der Waals surface area contributed by atoms with Gasteiger partial charge in [0.1, 0.15) is 5.82 Å². The van der Waals surface area contributed by atoms with Crippen molar-refractivity contribution in [2.45, 2.75) is 39.7 Å². The second-order valence-electron chi connectivity index (χ2n) is 10.1. The smallest absolute Gasteiger partial charge is 0.339 e. The fourth-order valence-corrected chi connectivity index (χ4v) is 5.29. The molecule has 0 spiro atoms. The number of hydrogen-bond donors (Lipinski definition) is 2. The number of anilines is 2. The molecule has 2 aromatic heterocycles. The number of aryl methyl sites for hydroxylation is 1. The normalized spacial score (nSPS) is 14.5. The van der Waals surface area contributed by atoms with Crippen LogP contribution in [0.1, 0.15) is 47.4 Å². The van der Waals surface area contributed by atoms with Crippen LogP contribution in [0.25, 0.3) is 10.9 Å². The molecule has 1 unspecified atom stereocenters. The molecule has 0 saturated heterocycles. The molecule has 3 N–H and O–H groups in total. The summed E-state index contributed by atoms with van der Waals surface area (Å²) < 4.78 is 6.75. The Hall–Kier alpha value is -4.73. The number of rotatable bonds is 7. The standard InChI is InChI=1S/C30H31N5O5/c1-3-34(26-27(31)35(30(39)33-28(26)37)16-19-9-5-4-6-10-19)24(36)17-40-29(38)25-20-11-7-8-12-22(20)32-23-14-13-18(2)15-21(23)25/h4-12,18H,3,13-17,31H2,1-2H3,(H,33,37,39). The summed E-state index contributed by atoms with van der Waals surface area (Å²) in [5, 5.41) is 0.675. The van der Waals surface area contributed by atoms with Crippen molar-refractivity contribution in [2.24, 2.45) is 5.92 Å². The van der Waals surface area contributed by atoms with Crippen LogP contribution in [-0.4, -0.2) is 39.6 Å². The first-order chi connectivity index (χ1) is 19.3. The van der Waals surface area contributed by atoms with E-state index in [1.807, 2.05) is 54.6 Å². The summed E-state index contributed by atoms with van der Waals surface area (Å²) in [5.41, 5.74) is 8.29. The highest BCUT2D eigenvalue weighted by Gasteiger charge is 2.28. The molecule has 1 aliphatic rings. The monoisotopic (exact) mass is 541 g/mol. The summed E-state index contributed by atoms with van der Waals surface area (Å²) in [6, 6.07) is 16.5. The lowest BCUT2D eigenvalue weighted by molar-refractivity contribution is -0.121. The lowest BCUT2D eigenvalue weighted by Gasteiger charge is -2.25. The predicted octanol–water partition coefficient (Wildman–Crippen LogP) is 3.05. The number of amides is 1. The van der Waals surface area contributed by atoms with Gasteiger partial charge in [0.2, 0.25) is 0 Å². The molecule has 0 fully saturated rings.